The molecule has 1 N–H and O–H groups in total. The van der Waals surface area contributed by atoms with Crippen LogP contribution in [0.2, 0.25) is 0 Å². The van der Waals surface area contributed by atoms with Crippen LogP contribution in [0.1, 0.15) is 5.56 Å². The first-order valence-corrected chi connectivity index (χ1v) is 8.36. The zero-order valence-corrected chi connectivity index (χ0v) is 13.0. The molecular formula is C17H13N3Se. The van der Waals surface area contributed by atoms with Crippen molar-refractivity contribution in [1.29, 1.82) is 0 Å². The zero-order chi connectivity index (χ0) is 14.1. The molecule has 0 amide bonds. The first-order chi connectivity index (χ1) is 10.4. The van der Waals surface area contributed by atoms with E-state index in [2.05, 4.69) is 61.8 Å². The van der Waals surface area contributed by atoms with Crippen LogP contribution < -0.4 is 5.32 Å². The number of benzene rings is 3. The number of hydrogen-bond donors (Lipinski definition) is 1. The predicted octanol–water partition coefficient (Wildman–Crippen LogP) is 3.45. The molecule has 0 fully saturated rings. The third-order valence-electron chi connectivity index (χ3n) is 3.58. The minimum absolute atomic E-state index is 0.0169. The van der Waals surface area contributed by atoms with Crippen molar-refractivity contribution in [3.8, 4) is 0 Å². The van der Waals surface area contributed by atoms with Crippen molar-refractivity contribution in [2.75, 3.05) is 5.32 Å². The average molecular weight is 338 g/mol. The molecule has 3 aromatic carbocycles. The van der Waals surface area contributed by atoms with Gasteiger partial charge in [0, 0.05) is 0 Å². The molecule has 0 radical (unpaired) electrons. The summed E-state index contributed by atoms with van der Waals surface area (Å²) in [6, 6.07) is 21.1. The van der Waals surface area contributed by atoms with Crippen LogP contribution in [0.4, 0.5) is 5.69 Å². The van der Waals surface area contributed by atoms with Gasteiger partial charge in [-0.2, -0.15) is 0 Å². The van der Waals surface area contributed by atoms with Crippen molar-refractivity contribution in [2.24, 2.45) is 0 Å². The molecule has 102 valence electrons. The summed E-state index contributed by atoms with van der Waals surface area (Å²) in [7, 11) is 0. The van der Waals surface area contributed by atoms with Crippen LogP contribution in [-0.2, 0) is 6.54 Å². The second kappa shape index (κ2) is 5.32. The third kappa shape index (κ3) is 2.44. The van der Waals surface area contributed by atoms with Crippen LogP contribution in [-0.4, -0.2) is 22.9 Å². The van der Waals surface area contributed by atoms with Crippen molar-refractivity contribution >= 4 is 42.5 Å². The summed E-state index contributed by atoms with van der Waals surface area (Å²) in [6.45, 7) is 0.795. The molecule has 0 aliphatic rings. The number of nitrogens with zero attached hydrogens (tertiary/aromatic N) is 2. The average Bonchev–Trinajstić information content (AvgIpc) is 3.02. The second-order valence-corrected chi connectivity index (χ2v) is 6.08. The van der Waals surface area contributed by atoms with Crippen molar-refractivity contribution in [3.63, 3.8) is 0 Å². The zero-order valence-electron chi connectivity index (χ0n) is 11.3. The van der Waals surface area contributed by atoms with E-state index in [1.807, 2.05) is 12.1 Å². The number of nitrogens with one attached hydrogen (secondary N) is 1. The summed E-state index contributed by atoms with van der Waals surface area (Å²) in [5.74, 6) is 0. The molecule has 3 nitrogen and oxygen atoms in total. The number of rotatable bonds is 3. The maximum atomic E-state index is 4.49. The van der Waals surface area contributed by atoms with Crippen LogP contribution in [0.15, 0.2) is 60.7 Å². The van der Waals surface area contributed by atoms with E-state index in [1.54, 1.807) is 0 Å². The molecule has 4 aromatic rings. The van der Waals surface area contributed by atoms with Crippen LogP contribution in [0.25, 0.3) is 21.8 Å². The summed E-state index contributed by atoms with van der Waals surface area (Å²) in [5, 5.41) is 6.03. The monoisotopic (exact) mass is 339 g/mol. The molecule has 4 rings (SSSR count). The van der Waals surface area contributed by atoms with Crippen LogP contribution in [0, 0.1) is 0 Å². The Morgan fingerprint density at radius 1 is 0.857 bits per heavy atom. The van der Waals surface area contributed by atoms with Gasteiger partial charge in [0.1, 0.15) is 0 Å². The van der Waals surface area contributed by atoms with E-state index in [9.17, 15) is 0 Å². The Labute approximate surface area is 128 Å². The molecule has 0 unspecified atom stereocenters. The number of fused-ring (bicyclic) bond motifs is 2. The van der Waals surface area contributed by atoms with E-state index in [0.29, 0.717) is 0 Å². The Morgan fingerprint density at radius 3 is 2.71 bits per heavy atom. The van der Waals surface area contributed by atoms with Crippen LogP contribution in [0.3, 0.4) is 0 Å². The normalized spacial score (nSPS) is 11.0. The first-order valence-electron chi connectivity index (χ1n) is 6.83. The Hall–Kier alpha value is -2.16. The Bertz CT molecular complexity index is 914. The van der Waals surface area contributed by atoms with E-state index >= 15 is 0 Å². The van der Waals surface area contributed by atoms with E-state index in [-0.39, 0.29) is 15.0 Å². The van der Waals surface area contributed by atoms with Crippen molar-refractivity contribution in [1.82, 2.24) is 7.96 Å². The summed E-state index contributed by atoms with van der Waals surface area (Å²) < 4.78 is 8.91. The molecule has 0 bridgehead atoms. The van der Waals surface area contributed by atoms with E-state index in [1.165, 1.54) is 16.3 Å². The van der Waals surface area contributed by atoms with Gasteiger partial charge >= 0.3 is 129 Å². The van der Waals surface area contributed by atoms with Gasteiger partial charge in [0.2, 0.25) is 0 Å². The molecule has 0 saturated carbocycles. The standard InChI is InChI=1S/C17H13N3Se/c1-2-5-14-10-12(8-9-13(14)4-1)11-18-15-6-3-7-16-17(15)20-21-19-16/h1-10,18H,11H2. The second-order valence-electron chi connectivity index (χ2n) is 4.97. The van der Waals surface area contributed by atoms with Gasteiger partial charge in [-0.3, -0.25) is 0 Å². The van der Waals surface area contributed by atoms with E-state index in [0.717, 1.165) is 23.3 Å². The van der Waals surface area contributed by atoms with Crippen molar-refractivity contribution < 1.29 is 0 Å². The van der Waals surface area contributed by atoms with Crippen LogP contribution >= 0.6 is 0 Å². The molecule has 0 aliphatic carbocycles. The van der Waals surface area contributed by atoms with Gasteiger partial charge in [0.25, 0.3) is 0 Å². The van der Waals surface area contributed by atoms with Gasteiger partial charge in [0.15, 0.2) is 0 Å². The van der Waals surface area contributed by atoms with Gasteiger partial charge in [-0.15, -0.1) is 0 Å². The SMILES string of the molecule is c1ccc2cc(CNc3cccc4n[se]nc34)ccc2c1. The van der Waals surface area contributed by atoms with Gasteiger partial charge in [0.05, 0.1) is 0 Å². The fraction of sp³-hybridized carbons (Fsp3) is 0.0588. The molecule has 0 spiro atoms. The summed E-state index contributed by atoms with van der Waals surface area (Å²) >= 11 is 0.0169. The summed E-state index contributed by atoms with van der Waals surface area (Å²) in [4.78, 5) is 0. The van der Waals surface area contributed by atoms with Gasteiger partial charge in [-0.05, 0) is 0 Å². The predicted molar refractivity (Wildman–Crippen MR) is 87.8 cm³/mol. The van der Waals surface area contributed by atoms with Crippen molar-refractivity contribution in [2.45, 2.75) is 6.54 Å². The van der Waals surface area contributed by atoms with E-state index < -0.39 is 0 Å². The number of aromatic nitrogens is 2. The maximum absolute atomic E-state index is 4.49. The molecule has 1 heterocycles. The summed E-state index contributed by atoms with van der Waals surface area (Å²) in [6.07, 6.45) is 0. The molecule has 21 heavy (non-hydrogen) atoms. The first kappa shape index (κ1) is 12.6. The molecule has 1 aromatic heterocycles. The third-order valence-corrected chi connectivity index (χ3v) is 4.72. The molecule has 4 heteroatoms. The van der Waals surface area contributed by atoms with Gasteiger partial charge in [-0.25, -0.2) is 0 Å². The minimum atomic E-state index is 0.0169. The molecule has 0 saturated heterocycles. The fourth-order valence-electron chi connectivity index (χ4n) is 2.49. The fourth-order valence-corrected chi connectivity index (χ4v) is 3.65. The van der Waals surface area contributed by atoms with Crippen molar-refractivity contribution in [3.05, 3.63) is 66.2 Å². The molecule has 0 atom stereocenters. The Kier molecular flexibility index (Phi) is 3.18. The number of anilines is 1. The quantitative estimate of drug-likeness (QED) is 0.582. The number of hydrogen-bond acceptors (Lipinski definition) is 3. The summed E-state index contributed by atoms with van der Waals surface area (Å²) in [5.41, 5.74) is 4.37. The molecular weight excluding hydrogens is 325 g/mol. The Morgan fingerprint density at radius 2 is 1.76 bits per heavy atom. The topological polar surface area (TPSA) is 37.8 Å². The van der Waals surface area contributed by atoms with Crippen LogP contribution in [0.5, 0.6) is 0 Å². The van der Waals surface area contributed by atoms with Gasteiger partial charge < -0.3 is 0 Å². The Balaban J connectivity index is 1.61. The molecule has 0 aliphatic heterocycles. The van der Waals surface area contributed by atoms with E-state index in [4.69, 9.17) is 0 Å². The van der Waals surface area contributed by atoms with Gasteiger partial charge in [-0.1, -0.05) is 0 Å².